The number of hydrogen-bond donors (Lipinski definition) is 1. The molecule has 0 saturated carbocycles. The van der Waals surface area contributed by atoms with Gasteiger partial charge in [0.2, 0.25) is 12.7 Å². The number of rotatable bonds is 7. The summed E-state index contributed by atoms with van der Waals surface area (Å²) >= 11 is 0. The first-order valence-corrected chi connectivity index (χ1v) is 8.20. The summed E-state index contributed by atoms with van der Waals surface area (Å²) in [4.78, 5) is 14.4. The summed E-state index contributed by atoms with van der Waals surface area (Å²) in [5, 5.41) is 2.91. The molecule has 0 aromatic heterocycles. The maximum Gasteiger partial charge on any atom is 0.231 e. The molecule has 1 aliphatic heterocycles. The third-order valence-corrected chi connectivity index (χ3v) is 4.01. The highest BCUT2D eigenvalue weighted by molar-refractivity contribution is 5.91. The smallest absolute Gasteiger partial charge is 0.231 e. The van der Waals surface area contributed by atoms with Gasteiger partial charge in [0.15, 0.2) is 11.5 Å². The summed E-state index contributed by atoms with van der Waals surface area (Å²) in [7, 11) is 0. The summed E-state index contributed by atoms with van der Waals surface area (Å²) in [6.45, 7) is 4.83. The highest BCUT2D eigenvalue weighted by Crippen LogP contribution is 2.34. The third kappa shape index (κ3) is 4.26. The SMILES string of the molecule is CCN(CCC(=O)Nc1ccc2c(c1)OCO2)Cc1ccccc1. The van der Waals surface area contributed by atoms with Crippen LogP contribution in [-0.4, -0.2) is 30.7 Å². The van der Waals surface area contributed by atoms with E-state index >= 15 is 0 Å². The molecule has 3 rings (SSSR count). The number of fused-ring (bicyclic) bond motifs is 1. The Labute approximate surface area is 142 Å². The Balaban J connectivity index is 1.49. The lowest BCUT2D eigenvalue weighted by Gasteiger charge is -2.20. The topological polar surface area (TPSA) is 50.8 Å². The highest BCUT2D eigenvalue weighted by Gasteiger charge is 2.14. The van der Waals surface area contributed by atoms with E-state index in [2.05, 4.69) is 29.3 Å². The van der Waals surface area contributed by atoms with Crippen LogP contribution in [0, 0.1) is 0 Å². The Kier molecular flexibility index (Phi) is 5.33. The van der Waals surface area contributed by atoms with E-state index in [0.29, 0.717) is 17.9 Å². The molecule has 5 heteroatoms. The largest absolute Gasteiger partial charge is 0.454 e. The molecule has 0 fully saturated rings. The molecule has 5 nitrogen and oxygen atoms in total. The minimum atomic E-state index is 0.000349. The van der Waals surface area contributed by atoms with E-state index < -0.39 is 0 Å². The summed E-state index contributed by atoms with van der Waals surface area (Å²) in [5.74, 6) is 1.39. The van der Waals surface area contributed by atoms with Crippen LogP contribution in [0.1, 0.15) is 18.9 Å². The Morgan fingerprint density at radius 2 is 1.92 bits per heavy atom. The van der Waals surface area contributed by atoms with Gasteiger partial charge in [0, 0.05) is 31.3 Å². The molecule has 0 radical (unpaired) electrons. The van der Waals surface area contributed by atoms with Gasteiger partial charge in [-0.05, 0) is 24.2 Å². The van der Waals surface area contributed by atoms with Crippen LogP contribution >= 0.6 is 0 Å². The standard InChI is InChI=1S/C19H22N2O3/c1-2-21(13-15-6-4-3-5-7-15)11-10-19(22)20-16-8-9-17-18(12-16)24-14-23-17/h3-9,12H,2,10-11,13-14H2,1H3,(H,20,22). The Bertz CT molecular complexity index is 688. The molecular weight excluding hydrogens is 304 g/mol. The number of anilines is 1. The van der Waals surface area contributed by atoms with Crippen LogP contribution < -0.4 is 14.8 Å². The van der Waals surface area contributed by atoms with Crippen molar-refractivity contribution in [2.24, 2.45) is 0 Å². The molecule has 0 bridgehead atoms. The van der Waals surface area contributed by atoms with E-state index in [0.717, 1.165) is 25.3 Å². The van der Waals surface area contributed by atoms with Crippen molar-refractivity contribution in [3.8, 4) is 11.5 Å². The number of benzene rings is 2. The predicted octanol–water partition coefficient (Wildman–Crippen LogP) is 3.27. The van der Waals surface area contributed by atoms with Crippen molar-refractivity contribution in [1.29, 1.82) is 0 Å². The van der Waals surface area contributed by atoms with Crippen LogP contribution in [0.5, 0.6) is 11.5 Å². The normalized spacial score (nSPS) is 12.4. The van der Waals surface area contributed by atoms with Gasteiger partial charge in [-0.1, -0.05) is 37.3 Å². The first-order valence-electron chi connectivity index (χ1n) is 8.20. The Morgan fingerprint density at radius 1 is 1.12 bits per heavy atom. The average Bonchev–Trinajstić information content (AvgIpc) is 3.07. The van der Waals surface area contributed by atoms with Crippen molar-refractivity contribution in [2.45, 2.75) is 19.9 Å². The molecule has 0 unspecified atom stereocenters. The van der Waals surface area contributed by atoms with Crippen LogP contribution in [0.4, 0.5) is 5.69 Å². The number of nitrogens with zero attached hydrogens (tertiary/aromatic N) is 1. The molecule has 0 aliphatic carbocycles. The Morgan fingerprint density at radius 3 is 2.71 bits per heavy atom. The van der Waals surface area contributed by atoms with Crippen LogP contribution in [0.25, 0.3) is 0 Å². The lowest BCUT2D eigenvalue weighted by Crippen LogP contribution is -2.27. The van der Waals surface area contributed by atoms with Crippen LogP contribution in [0.3, 0.4) is 0 Å². The maximum atomic E-state index is 12.2. The van der Waals surface area contributed by atoms with Gasteiger partial charge in [-0.2, -0.15) is 0 Å². The first kappa shape index (κ1) is 16.3. The van der Waals surface area contributed by atoms with Gasteiger partial charge < -0.3 is 14.8 Å². The average molecular weight is 326 g/mol. The molecule has 1 N–H and O–H groups in total. The molecule has 0 atom stereocenters. The van der Waals surface area contributed by atoms with Gasteiger partial charge in [0.1, 0.15) is 0 Å². The summed E-state index contributed by atoms with van der Waals surface area (Å²) < 4.78 is 10.6. The van der Waals surface area contributed by atoms with E-state index in [-0.39, 0.29) is 12.7 Å². The van der Waals surface area contributed by atoms with Gasteiger partial charge in [0.25, 0.3) is 0 Å². The van der Waals surface area contributed by atoms with Gasteiger partial charge in [-0.15, -0.1) is 0 Å². The van der Waals surface area contributed by atoms with E-state index in [1.54, 1.807) is 6.07 Å². The molecule has 0 saturated heterocycles. The second-order valence-corrected chi connectivity index (χ2v) is 5.72. The molecule has 1 amide bonds. The van der Waals surface area contributed by atoms with Gasteiger partial charge in [0.05, 0.1) is 0 Å². The van der Waals surface area contributed by atoms with Crippen molar-refractivity contribution in [2.75, 3.05) is 25.2 Å². The van der Waals surface area contributed by atoms with Gasteiger partial charge in [-0.25, -0.2) is 0 Å². The third-order valence-electron chi connectivity index (χ3n) is 4.01. The number of carbonyl (C=O) groups is 1. The second-order valence-electron chi connectivity index (χ2n) is 5.72. The molecule has 2 aromatic carbocycles. The van der Waals surface area contributed by atoms with E-state index in [1.807, 2.05) is 30.3 Å². The lowest BCUT2D eigenvalue weighted by molar-refractivity contribution is -0.116. The zero-order valence-electron chi connectivity index (χ0n) is 13.8. The fourth-order valence-electron chi connectivity index (χ4n) is 2.65. The predicted molar refractivity (Wildman–Crippen MR) is 93.2 cm³/mol. The van der Waals surface area contributed by atoms with Crippen molar-refractivity contribution >= 4 is 11.6 Å². The van der Waals surface area contributed by atoms with Crippen LogP contribution in [0.15, 0.2) is 48.5 Å². The number of amides is 1. The Hall–Kier alpha value is -2.53. The molecule has 126 valence electrons. The van der Waals surface area contributed by atoms with Gasteiger partial charge >= 0.3 is 0 Å². The van der Waals surface area contributed by atoms with Crippen LogP contribution in [0.2, 0.25) is 0 Å². The fraction of sp³-hybridized carbons (Fsp3) is 0.316. The van der Waals surface area contributed by atoms with E-state index in [4.69, 9.17) is 9.47 Å². The van der Waals surface area contributed by atoms with E-state index in [9.17, 15) is 4.79 Å². The summed E-state index contributed by atoms with van der Waals surface area (Å²) in [5.41, 5.74) is 1.99. The van der Waals surface area contributed by atoms with Crippen LogP contribution in [-0.2, 0) is 11.3 Å². The summed E-state index contributed by atoms with van der Waals surface area (Å²) in [6.07, 6.45) is 0.453. The zero-order chi connectivity index (χ0) is 16.8. The molecule has 1 heterocycles. The minimum absolute atomic E-state index is 0.000349. The first-order chi connectivity index (χ1) is 11.7. The molecule has 24 heavy (non-hydrogen) atoms. The highest BCUT2D eigenvalue weighted by atomic mass is 16.7. The van der Waals surface area contributed by atoms with Crippen molar-refractivity contribution < 1.29 is 14.3 Å². The number of ether oxygens (including phenoxy) is 2. The lowest BCUT2D eigenvalue weighted by atomic mass is 10.2. The van der Waals surface area contributed by atoms with Crippen molar-refractivity contribution in [1.82, 2.24) is 4.90 Å². The van der Waals surface area contributed by atoms with E-state index in [1.165, 1.54) is 5.56 Å². The second kappa shape index (κ2) is 7.84. The van der Waals surface area contributed by atoms with Crippen molar-refractivity contribution in [3.63, 3.8) is 0 Å². The molecular formula is C19H22N2O3. The quantitative estimate of drug-likeness (QED) is 0.848. The molecule has 1 aliphatic rings. The molecule has 0 spiro atoms. The zero-order valence-corrected chi connectivity index (χ0v) is 13.8. The number of hydrogen-bond acceptors (Lipinski definition) is 4. The number of carbonyl (C=O) groups excluding carboxylic acids is 1. The summed E-state index contributed by atoms with van der Waals surface area (Å²) in [6, 6.07) is 15.7. The number of nitrogens with one attached hydrogen (secondary N) is 1. The fourth-order valence-corrected chi connectivity index (χ4v) is 2.65. The molecule has 2 aromatic rings. The maximum absolute atomic E-state index is 12.2. The minimum Gasteiger partial charge on any atom is -0.454 e. The monoisotopic (exact) mass is 326 g/mol. The van der Waals surface area contributed by atoms with Crippen molar-refractivity contribution in [3.05, 3.63) is 54.1 Å². The van der Waals surface area contributed by atoms with Gasteiger partial charge in [-0.3, -0.25) is 9.69 Å².